The van der Waals surface area contributed by atoms with Gasteiger partial charge in [0.1, 0.15) is 29.8 Å². The quantitative estimate of drug-likeness (QED) is 0.340. The van der Waals surface area contributed by atoms with Crippen LogP contribution in [0.5, 0.6) is 11.5 Å². The van der Waals surface area contributed by atoms with Crippen LogP contribution in [0.2, 0.25) is 0 Å². The van der Waals surface area contributed by atoms with Gasteiger partial charge in [-0.25, -0.2) is 0 Å². The highest BCUT2D eigenvalue weighted by Gasteiger charge is 2.07. The van der Waals surface area contributed by atoms with E-state index < -0.39 is 6.10 Å². The summed E-state index contributed by atoms with van der Waals surface area (Å²) in [6.45, 7) is 4.49. The molecule has 2 aromatic carbocycles. The van der Waals surface area contributed by atoms with E-state index in [1.54, 1.807) is 48.5 Å². The minimum atomic E-state index is -0.663. The number of nitrogens with one attached hydrogen (secondary N) is 2. The van der Waals surface area contributed by atoms with Gasteiger partial charge in [-0.3, -0.25) is 10.8 Å². The van der Waals surface area contributed by atoms with Crippen LogP contribution in [0, 0.1) is 10.8 Å². The minimum absolute atomic E-state index is 0.0000639. The minimum Gasteiger partial charge on any atom is -0.493 e. The van der Waals surface area contributed by atoms with Gasteiger partial charge in [-0.15, -0.1) is 0 Å². The molecule has 0 aliphatic carbocycles. The number of hydrogen-bond acceptors (Lipinski definition) is 5. The van der Waals surface area contributed by atoms with Crippen LogP contribution in [0.4, 0.5) is 0 Å². The highest BCUT2D eigenvalue weighted by molar-refractivity contribution is 5.95. The normalized spacial score (nSPS) is 10.9. The number of nitrogen functional groups attached to an aromatic ring is 2. The maximum Gasteiger partial charge on any atom is 0.122 e. The summed E-state index contributed by atoms with van der Waals surface area (Å²) in [4.78, 5) is 0. The summed E-state index contributed by atoms with van der Waals surface area (Å²) in [6.07, 6.45) is -0.246. The zero-order chi connectivity index (χ0) is 20.2. The highest BCUT2D eigenvalue weighted by Crippen LogP contribution is 2.14. The van der Waals surface area contributed by atoms with Crippen molar-refractivity contribution in [2.45, 2.75) is 26.4 Å². The Hall–Kier alpha value is -3.06. The first-order chi connectivity index (χ1) is 13.0. The summed E-state index contributed by atoms with van der Waals surface area (Å²) in [5, 5.41) is 24.6. The van der Waals surface area contributed by atoms with E-state index >= 15 is 0 Å². The van der Waals surface area contributed by atoms with Gasteiger partial charge in [0.15, 0.2) is 0 Å². The second-order valence-electron chi connectivity index (χ2n) is 5.48. The topological polar surface area (TPSA) is 138 Å². The van der Waals surface area contributed by atoms with Crippen molar-refractivity contribution >= 4 is 11.7 Å². The molecule has 0 saturated heterocycles. The standard InChI is InChI=1S/C18H22N4O3.C2H6/c19-17(20)12-1-5-15(6-2-12)24-10-9-14(23)11-25-16-7-3-13(4-8-16)18(21)22;1-2/h1-8,14,23H,9-11H2,(H3,19,20)(H3,21,22);1-2H3. The highest BCUT2D eigenvalue weighted by atomic mass is 16.5. The Kier molecular flexibility index (Phi) is 9.39. The third kappa shape index (κ3) is 7.79. The molecule has 7 nitrogen and oxygen atoms in total. The molecule has 7 N–H and O–H groups in total. The van der Waals surface area contributed by atoms with E-state index in [-0.39, 0.29) is 18.3 Å². The molecule has 0 radical (unpaired) electrons. The molecule has 0 aromatic heterocycles. The number of rotatable bonds is 9. The average Bonchev–Trinajstić information content (AvgIpc) is 2.68. The first-order valence-electron chi connectivity index (χ1n) is 8.78. The summed E-state index contributed by atoms with van der Waals surface area (Å²) in [5.41, 5.74) is 12.0. The second kappa shape index (κ2) is 11.5. The molecular formula is C20H28N4O3. The zero-order valence-electron chi connectivity index (χ0n) is 15.7. The molecule has 1 unspecified atom stereocenters. The molecule has 0 bridgehead atoms. The van der Waals surface area contributed by atoms with Gasteiger partial charge in [0.25, 0.3) is 0 Å². The van der Waals surface area contributed by atoms with Gasteiger partial charge in [-0.05, 0) is 48.5 Å². The molecule has 146 valence electrons. The Morgan fingerprint density at radius 3 is 1.67 bits per heavy atom. The molecule has 2 rings (SSSR count). The predicted molar refractivity (Wildman–Crippen MR) is 108 cm³/mol. The molecule has 0 amide bonds. The first-order valence-corrected chi connectivity index (χ1v) is 8.78. The average molecular weight is 372 g/mol. The molecule has 7 heteroatoms. The lowest BCUT2D eigenvalue weighted by Crippen LogP contribution is -2.20. The van der Waals surface area contributed by atoms with Gasteiger partial charge in [-0.2, -0.15) is 0 Å². The van der Waals surface area contributed by atoms with Crippen LogP contribution in [0.15, 0.2) is 48.5 Å². The van der Waals surface area contributed by atoms with Crippen LogP contribution in [0.3, 0.4) is 0 Å². The van der Waals surface area contributed by atoms with E-state index in [4.69, 9.17) is 31.8 Å². The van der Waals surface area contributed by atoms with E-state index in [9.17, 15) is 5.11 Å². The van der Waals surface area contributed by atoms with Crippen LogP contribution in [0.25, 0.3) is 0 Å². The van der Waals surface area contributed by atoms with Crippen molar-refractivity contribution in [2.75, 3.05) is 13.2 Å². The van der Waals surface area contributed by atoms with Crippen LogP contribution in [0.1, 0.15) is 31.4 Å². The van der Waals surface area contributed by atoms with Crippen molar-refractivity contribution in [3.05, 3.63) is 59.7 Å². The van der Waals surface area contributed by atoms with Crippen molar-refractivity contribution in [1.82, 2.24) is 0 Å². The maximum absolute atomic E-state index is 9.94. The summed E-state index contributed by atoms with van der Waals surface area (Å²) < 4.78 is 11.0. The van der Waals surface area contributed by atoms with Crippen LogP contribution in [-0.2, 0) is 0 Å². The Balaban J connectivity index is 0.00000176. The van der Waals surface area contributed by atoms with E-state index in [0.29, 0.717) is 35.7 Å². The third-order valence-electron chi connectivity index (χ3n) is 3.49. The fourth-order valence-electron chi connectivity index (χ4n) is 2.05. The Labute approximate surface area is 159 Å². The molecule has 0 fully saturated rings. The van der Waals surface area contributed by atoms with E-state index in [2.05, 4.69) is 0 Å². The Morgan fingerprint density at radius 2 is 1.26 bits per heavy atom. The lowest BCUT2D eigenvalue weighted by molar-refractivity contribution is 0.0858. The summed E-state index contributed by atoms with van der Waals surface area (Å²) >= 11 is 0. The van der Waals surface area contributed by atoms with Gasteiger partial charge in [0.05, 0.1) is 12.7 Å². The van der Waals surface area contributed by atoms with Gasteiger partial charge in [-0.1, -0.05) is 13.8 Å². The summed E-state index contributed by atoms with van der Waals surface area (Å²) in [7, 11) is 0. The second-order valence-corrected chi connectivity index (χ2v) is 5.48. The predicted octanol–water partition coefficient (Wildman–Crippen LogP) is 2.49. The summed E-state index contributed by atoms with van der Waals surface area (Å²) in [6, 6.07) is 13.7. The van der Waals surface area contributed by atoms with Crippen molar-refractivity contribution in [2.24, 2.45) is 11.5 Å². The van der Waals surface area contributed by atoms with E-state index in [0.717, 1.165) is 0 Å². The van der Waals surface area contributed by atoms with Gasteiger partial charge < -0.3 is 26.0 Å². The summed E-state index contributed by atoms with van der Waals surface area (Å²) in [5.74, 6) is 1.26. The number of nitrogens with two attached hydrogens (primary N) is 2. The Morgan fingerprint density at radius 1 is 0.852 bits per heavy atom. The molecule has 1 atom stereocenters. The monoisotopic (exact) mass is 372 g/mol. The molecule has 2 aromatic rings. The number of amidine groups is 2. The number of hydrogen-bond donors (Lipinski definition) is 5. The van der Waals surface area contributed by atoms with Crippen LogP contribution < -0.4 is 20.9 Å². The Bertz CT molecular complexity index is 715. The number of ether oxygens (including phenoxy) is 2. The van der Waals surface area contributed by atoms with Crippen LogP contribution >= 0.6 is 0 Å². The third-order valence-corrected chi connectivity index (χ3v) is 3.49. The lowest BCUT2D eigenvalue weighted by Gasteiger charge is -2.13. The molecule has 0 aliphatic rings. The van der Waals surface area contributed by atoms with Crippen molar-refractivity contribution in [3.8, 4) is 11.5 Å². The van der Waals surface area contributed by atoms with Crippen molar-refractivity contribution in [1.29, 1.82) is 10.8 Å². The fourth-order valence-corrected chi connectivity index (χ4v) is 2.05. The first kappa shape index (κ1) is 22.0. The molecule has 0 heterocycles. The van der Waals surface area contributed by atoms with Gasteiger partial charge in [0, 0.05) is 17.5 Å². The van der Waals surface area contributed by atoms with Crippen LogP contribution in [-0.4, -0.2) is 36.1 Å². The van der Waals surface area contributed by atoms with E-state index in [1.807, 2.05) is 13.8 Å². The molecule has 0 saturated carbocycles. The van der Waals surface area contributed by atoms with Crippen molar-refractivity contribution < 1.29 is 14.6 Å². The maximum atomic E-state index is 9.94. The smallest absolute Gasteiger partial charge is 0.122 e. The SMILES string of the molecule is CC.N=C(N)c1ccc(OCCC(O)COc2ccc(C(=N)N)cc2)cc1. The number of aliphatic hydroxyl groups excluding tert-OH is 1. The molecule has 0 spiro atoms. The zero-order valence-corrected chi connectivity index (χ0v) is 15.7. The largest absolute Gasteiger partial charge is 0.493 e. The van der Waals surface area contributed by atoms with Gasteiger partial charge >= 0.3 is 0 Å². The fraction of sp³-hybridized carbons (Fsp3) is 0.300. The lowest BCUT2D eigenvalue weighted by atomic mass is 10.2. The van der Waals surface area contributed by atoms with Crippen molar-refractivity contribution in [3.63, 3.8) is 0 Å². The molecule has 0 aliphatic heterocycles. The van der Waals surface area contributed by atoms with Gasteiger partial charge in [0.2, 0.25) is 0 Å². The number of benzene rings is 2. The van der Waals surface area contributed by atoms with E-state index in [1.165, 1.54) is 0 Å². The number of aliphatic hydroxyl groups is 1. The molecule has 27 heavy (non-hydrogen) atoms. The molecular weight excluding hydrogens is 344 g/mol.